The summed E-state index contributed by atoms with van der Waals surface area (Å²) >= 11 is 1.51. The highest BCUT2D eigenvalue weighted by Crippen LogP contribution is 2.16. The van der Waals surface area contributed by atoms with Gasteiger partial charge in [-0.3, -0.25) is 9.59 Å². The lowest BCUT2D eigenvalue weighted by molar-refractivity contribution is 0.102. The molecule has 24 heavy (non-hydrogen) atoms. The Morgan fingerprint density at radius 1 is 1.33 bits per heavy atom. The lowest BCUT2D eigenvalue weighted by Gasteiger charge is -2.09. The molecule has 6 nitrogen and oxygen atoms in total. The van der Waals surface area contributed by atoms with Gasteiger partial charge >= 0.3 is 0 Å². The maximum absolute atomic E-state index is 12.3. The van der Waals surface area contributed by atoms with Crippen LogP contribution in [-0.4, -0.2) is 15.5 Å². The Morgan fingerprint density at radius 3 is 2.96 bits per heavy atom. The lowest BCUT2D eigenvalue weighted by atomic mass is 10.2. The molecule has 1 amide bonds. The largest absolute Gasteiger partial charge is 0.487 e. The van der Waals surface area contributed by atoms with Gasteiger partial charge in [-0.2, -0.15) is 0 Å². The number of aryl methyl sites for hydroxylation is 1. The zero-order valence-corrected chi connectivity index (χ0v) is 13.7. The minimum absolute atomic E-state index is 0.134. The minimum Gasteiger partial charge on any atom is -0.487 e. The van der Waals surface area contributed by atoms with E-state index >= 15 is 0 Å². The maximum Gasteiger partial charge on any atom is 0.255 e. The first kappa shape index (κ1) is 15.9. The second kappa shape index (κ2) is 7.10. The van der Waals surface area contributed by atoms with Crippen LogP contribution < -0.4 is 15.6 Å². The van der Waals surface area contributed by atoms with Crippen LogP contribution in [0.25, 0.3) is 0 Å². The van der Waals surface area contributed by atoms with Gasteiger partial charge in [0.2, 0.25) is 5.56 Å². The van der Waals surface area contributed by atoms with Crippen molar-refractivity contribution < 1.29 is 9.53 Å². The SMILES string of the molecule is Cn1cc(NC(=O)c2cccc(OCc3cscn3)c2)ccc1=O. The van der Waals surface area contributed by atoms with Crippen LogP contribution in [0.3, 0.4) is 0 Å². The van der Waals surface area contributed by atoms with Crippen LogP contribution in [0, 0.1) is 0 Å². The second-order valence-electron chi connectivity index (χ2n) is 5.12. The molecule has 3 aromatic rings. The predicted molar refractivity (Wildman–Crippen MR) is 92.5 cm³/mol. The quantitative estimate of drug-likeness (QED) is 0.774. The molecule has 1 aromatic carbocycles. The lowest BCUT2D eigenvalue weighted by Crippen LogP contribution is -2.18. The summed E-state index contributed by atoms with van der Waals surface area (Å²) in [5.41, 5.74) is 3.48. The van der Waals surface area contributed by atoms with Crippen molar-refractivity contribution in [2.75, 3.05) is 5.32 Å². The van der Waals surface area contributed by atoms with Crippen molar-refractivity contribution in [3.05, 3.63) is 75.1 Å². The van der Waals surface area contributed by atoms with Gasteiger partial charge < -0.3 is 14.6 Å². The number of pyridine rings is 1. The van der Waals surface area contributed by atoms with Crippen LogP contribution in [0.2, 0.25) is 0 Å². The number of nitrogens with zero attached hydrogens (tertiary/aromatic N) is 2. The summed E-state index contributed by atoms with van der Waals surface area (Å²) < 4.78 is 7.05. The molecule has 0 fully saturated rings. The molecule has 3 rings (SSSR count). The average molecular weight is 341 g/mol. The molecule has 0 atom stereocenters. The number of benzene rings is 1. The standard InChI is InChI=1S/C17H15N3O3S/c1-20-8-13(5-6-16(20)21)19-17(22)12-3-2-4-15(7-12)23-9-14-10-24-11-18-14/h2-8,10-11H,9H2,1H3,(H,19,22). The molecule has 0 aliphatic heterocycles. The number of carbonyl (C=O) groups is 1. The fourth-order valence-electron chi connectivity index (χ4n) is 2.06. The number of rotatable bonds is 5. The van der Waals surface area contributed by atoms with E-state index in [0.29, 0.717) is 23.6 Å². The summed E-state index contributed by atoms with van der Waals surface area (Å²) in [4.78, 5) is 27.8. The van der Waals surface area contributed by atoms with E-state index in [1.165, 1.54) is 22.0 Å². The minimum atomic E-state index is -0.271. The van der Waals surface area contributed by atoms with Gasteiger partial charge in [0.25, 0.3) is 5.91 Å². The molecule has 0 bridgehead atoms. The summed E-state index contributed by atoms with van der Waals surface area (Å²) in [6.45, 7) is 0.357. The second-order valence-corrected chi connectivity index (χ2v) is 5.84. The number of thiazole rings is 1. The number of anilines is 1. The van der Waals surface area contributed by atoms with Gasteiger partial charge in [-0.1, -0.05) is 6.07 Å². The Labute approximate surface area is 142 Å². The van der Waals surface area contributed by atoms with Gasteiger partial charge in [-0.05, 0) is 24.3 Å². The van der Waals surface area contributed by atoms with Crippen LogP contribution in [0.1, 0.15) is 16.1 Å². The molecule has 122 valence electrons. The third-order valence-corrected chi connectivity index (χ3v) is 3.95. The third-order valence-electron chi connectivity index (χ3n) is 3.31. The van der Waals surface area contributed by atoms with Crippen LogP contribution in [-0.2, 0) is 13.7 Å². The van der Waals surface area contributed by atoms with Crippen LogP contribution in [0.15, 0.2) is 58.3 Å². The number of hydrogen-bond donors (Lipinski definition) is 1. The molecule has 0 spiro atoms. The molecule has 1 N–H and O–H groups in total. The molecule has 0 aliphatic rings. The average Bonchev–Trinajstić information content (AvgIpc) is 3.10. The smallest absolute Gasteiger partial charge is 0.255 e. The first-order valence-electron chi connectivity index (χ1n) is 7.20. The van der Waals surface area contributed by atoms with Crippen molar-refractivity contribution in [3.63, 3.8) is 0 Å². The number of amides is 1. The molecule has 0 unspecified atom stereocenters. The molecule has 0 saturated heterocycles. The molecule has 0 saturated carbocycles. The molecule has 7 heteroatoms. The highest BCUT2D eigenvalue weighted by molar-refractivity contribution is 7.07. The molecule has 0 radical (unpaired) electrons. The Morgan fingerprint density at radius 2 is 2.21 bits per heavy atom. The fraction of sp³-hybridized carbons (Fsp3) is 0.118. The summed E-state index contributed by atoms with van der Waals surface area (Å²) in [5, 5.41) is 4.67. The Kier molecular flexibility index (Phi) is 4.72. The van der Waals surface area contributed by atoms with Gasteiger partial charge in [0.15, 0.2) is 0 Å². The Bertz CT molecular complexity index is 903. The number of ether oxygens (including phenoxy) is 1. The predicted octanol–water partition coefficient (Wildman–Crippen LogP) is 2.67. The van der Waals surface area contributed by atoms with Gasteiger partial charge in [0, 0.05) is 30.3 Å². The summed E-state index contributed by atoms with van der Waals surface area (Å²) in [6, 6.07) is 9.89. The molecule has 0 aliphatic carbocycles. The van der Waals surface area contributed by atoms with Crippen molar-refractivity contribution in [1.82, 2.24) is 9.55 Å². The molecular formula is C17H15N3O3S. The van der Waals surface area contributed by atoms with E-state index in [9.17, 15) is 9.59 Å². The number of hydrogen-bond acceptors (Lipinski definition) is 5. The van der Waals surface area contributed by atoms with E-state index < -0.39 is 0 Å². The highest BCUT2D eigenvalue weighted by Gasteiger charge is 2.08. The topological polar surface area (TPSA) is 73.2 Å². The zero-order valence-electron chi connectivity index (χ0n) is 12.9. The number of carbonyl (C=O) groups excluding carboxylic acids is 1. The van der Waals surface area contributed by atoms with Crippen LogP contribution >= 0.6 is 11.3 Å². The molecule has 2 aromatic heterocycles. The summed E-state index contributed by atoms with van der Waals surface area (Å²) in [5.74, 6) is 0.323. The molecule has 2 heterocycles. The Balaban J connectivity index is 1.69. The fourth-order valence-corrected chi connectivity index (χ4v) is 2.61. The molecular weight excluding hydrogens is 326 g/mol. The first-order valence-corrected chi connectivity index (χ1v) is 8.14. The van der Waals surface area contributed by atoms with Crippen molar-refractivity contribution in [3.8, 4) is 5.75 Å². The highest BCUT2D eigenvalue weighted by atomic mass is 32.1. The number of nitrogens with one attached hydrogen (secondary N) is 1. The van der Waals surface area contributed by atoms with Gasteiger partial charge in [-0.25, -0.2) is 4.98 Å². The van der Waals surface area contributed by atoms with Crippen LogP contribution in [0.4, 0.5) is 5.69 Å². The monoisotopic (exact) mass is 341 g/mol. The van der Waals surface area contributed by atoms with Crippen LogP contribution in [0.5, 0.6) is 5.75 Å². The van der Waals surface area contributed by atoms with E-state index in [1.807, 2.05) is 5.38 Å². The Hall–Kier alpha value is -2.93. The summed E-state index contributed by atoms with van der Waals surface area (Å²) in [7, 11) is 1.63. The third kappa shape index (κ3) is 3.88. The maximum atomic E-state index is 12.3. The van der Waals surface area contributed by atoms with Gasteiger partial charge in [0.1, 0.15) is 12.4 Å². The van der Waals surface area contributed by atoms with E-state index in [4.69, 9.17) is 4.74 Å². The number of aromatic nitrogens is 2. The van der Waals surface area contributed by atoms with Gasteiger partial charge in [-0.15, -0.1) is 11.3 Å². The van der Waals surface area contributed by atoms with Crippen molar-refractivity contribution in [1.29, 1.82) is 0 Å². The van der Waals surface area contributed by atoms with Crippen molar-refractivity contribution >= 4 is 22.9 Å². The normalized spacial score (nSPS) is 10.4. The van der Waals surface area contributed by atoms with Gasteiger partial charge in [0.05, 0.1) is 16.9 Å². The van der Waals surface area contributed by atoms with Crippen molar-refractivity contribution in [2.24, 2.45) is 7.05 Å². The van der Waals surface area contributed by atoms with E-state index in [2.05, 4.69) is 10.3 Å². The van der Waals surface area contributed by atoms with E-state index in [1.54, 1.807) is 49.1 Å². The summed E-state index contributed by atoms with van der Waals surface area (Å²) in [6.07, 6.45) is 1.57. The first-order chi connectivity index (χ1) is 11.6. The zero-order chi connectivity index (χ0) is 16.9. The van der Waals surface area contributed by atoms with E-state index in [-0.39, 0.29) is 11.5 Å². The van der Waals surface area contributed by atoms with E-state index in [0.717, 1.165) is 5.69 Å². The van der Waals surface area contributed by atoms with Crippen molar-refractivity contribution in [2.45, 2.75) is 6.61 Å².